The van der Waals surface area contributed by atoms with Crippen molar-refractivity contribution < 1.29 is 14.6 Å². The predicted molar refractivity (Wildman–Crippen MR) is 72.1 cm³/mol. The van der Waals surface area contributed by atoms with Gasteiger partial charge < -0.3 is 25.2 Å². The van der Waals surface area contributed by atoms with E-state index in [0.29, 0.717) is 11.5 Å². The van der Waals surface area contributed by atoms with Crippen molar-refractivity contribution in [2.45, 2.75) is 6.04 Å². The van der Waals surface area contributed by atoms with Crippen LogP contribution in [-0.4, -0.2) is 39.0 Å². The summed E-state index contributed by atoms with van der Waals surface area (Å²) in [5, 5.41) is 16.3. The first-order valence-electron chi connectivity index (χ1n) is 5.65. The average Bonchev–Trinajstić information content (AvgIpc) is 2.38. The summed E-state index contributed by atoms with van der Waals surface area (Å²) >= 11 is 0. The molecule has 0 radical (unpaired) electrons. The molecule has 0 saturated carbocycles. The number of phenols is 1. The number of nitrogens with one attached hydrogen (secondary N) is 2. The molecule has 1 atom stereocenters. The van der Waals surface area contributed by atoms with Gasteiger partial charge in [0.05, 0.1) is 25.8 Å². The molecule has 18 heavy (non-hydrogen) atoms. The Morgan fingerprint density at radius 1 is 1.17 bits per heavy atom. The molecule has 0 bridgehead atoms. The first-order valence-corrected chi connectivity index (χ1v) is 5.65. The lowest BCUT2D eigenvalue weighted by molar-refractivity contribution is 0.349. The number of hydrogen-bond donors (Lipinski definition) is 3. The molecular weight excluding hydrogens is 256 g/mol. The van der Waals surface area contributed by atoms with Crippen LogP contribution in [-0.2, 0) is 0 Å². The Morgan fingerprint density at radius 2 is 1.78 bits per heavy atom. The number of halogens is 1. The lowest BCUT2D eigenvalue weighted by Crippen LogP contribution is -2.42. The van der Waals surface area contributed by atoms with Gasteiger partial charge in [0.25, 0.3) is 0 Å². The summed E-state index contributed by atoms with van der Waals surface area (Å²) in [5.74, 6) is 1.43. The van der Waals surface area contributed by atoms with E-state index in [1.54, 1.807) is 26.4 Å². The Kier molecular flexibility index (Phi) is 5.53. The van der Waals surface area contributed by atoms with E-state index in [1.165, 1.54) is 0 Å². The maximum atomic E-state index is 9.58. The molecule has 1 aromatic carbocycles. The molecule has 1 fully saturated rings. The molecule has 5 nitrogen and oxygen atoms in total. The molecule has 2 rings (SSSR count). The molecule has 1 aliphatic heterocycles. The number of methoxy groups -OCH3 is 2. The van der Waals surface area contributed by atoms with Crippen molar-refractivity contribution in [3.63, 3.8) is 0 Å². The quantitative estimate of drug-likeness (QED) is 0.770. The van der Waals surface area contributed by atoms with Crippen molar-refractivity contribution in [3.05, 3.63) is 17.7 Å². The maximum Gasteiger partial charge on any atom is 0.131 e. The summed E-state index contributed by atoms with van der Waals surface area (Å²) in [6.07, 6.45) is 0. The van der Waals surface area contributed by atoms with Crippen LogP contribution in [0.4, 0.5) is 0 Å². The van der Waals surface area contributed by atoms with Crippen LogP contribution < -0.4 is 20.1 Å². The highest BCUT2D eigenvalue weighted by molar-refractivity contribution is 5.85. The Bertz CT molecular complexity index is 370. The van der Waals surface area contributed by atoms with E-state index in [0.717, 1.165) is 25.2 Å². The first kappa shape index (κ1) is 14.9. The summed E-state index contributed by atoms with van der Waals surface area (Å²) in [6.45, 7) is 2.68. The van der Waals surface area contributed by atoms with Crippen molar-refractivity contribution in [1.82, 2.24) is 10.6 Å². The Morgan fingerprint density at radius 3 is 2.22 bits per heavy atom. The Hall–Kier alpha value is -1.17. The summed E-state index contributed by atoms with van der Waals surface area (Å²) in [4.78, 5) is 0. The van der Waals surface area contributed by atoms with Gasteiger partial charge in [-0.15, -0.1) is 12.4 Å². The second-order valence-corrected chi connectivity index (χ2v) is 3.97. The van der Waals surface area contributed by atoms with Crippen molar-refractivity contribution in [2.75, 3.05) is 33.9 Å². The molecule has 6 heteroatoms. The summed E-state index contributed by atoms with van der Waals surface area (Å²) in [6, 6.07) is 3.34. The highest BCUT2D eigenvalue weighted by atomic mass is 35.5. The lowest BCUT2D eigenvalue weighted by Gasteiger charge is -2.27. The third kappa shape index (κ3) is 2.98. The fourth-order valence-corrected chi connectivity index (χ4v) is 2.13. The SMILES string of the molecule is COc1cc(O)cc(OC)c1[C@@H]1CNCCN1.Cl. The summed E-state index contributed by atoms with van der Waals surface area (Å²) in [5.41, 5.74) is 0.944. The maximum absolute atomic E-state index is 9.58. The Balaban J connectivity index is 0.00000162. The number of hydrogen-bond acceptors (Lipinski definition) is 5. The van der Waals surface area contributed by atoms with E-state index < -0.39 is 0 Å². The van der Waals surface area contributed by atoms with Gasteiger partial charge in [-0.25, -0.2) is 0 Å². The van der Waals surface area contributed by atoms with Crippen LogP contribution in [0.25, 0.3) is 0 Å². The van der Waals surface area contributed by atoms with Crippen LogP contribution in [0.5, 0.6) is 17.2 Å². The zero-order valence-corrected chi connectivity index (χ0v) is 11.3. The van der Waals surface area contributed by atoms with Gasteiger partial charge in [-0.3, -0.25) is 0 Å². The molecule has 1 saturated heterocycles. The molecule has 1 heterocycles. The minimum absolute atomic E-state index is 0. The van der Waals surface area contributed by atoms with Gasteiger partial charge in [0.2, 0.25) is 0 Å². The van der Waals surface area contributed by atoms with Crippen molar-refractivity contribution in [1.29, 1.82) is 0 Å². The van der Waals surface area contributed by atoms with E-state index in [4.69, 9.17) is 9.47 Å². The third-order valence-electron chi connectivity index (χ3n) is 2.92. The fourth-order valence-electron chi connectivity index (χ4n) is 2.13. The first-order chi connectivity index (χ1) is 8.26. The average molecular weight is 275 g/mol. The molecule has 3 N–H and O–H groups in total. The second-order valence-electron chi connectivity index (χ2n) is 3.97. The normalized spacial score (nSPS) is 18.9. The van der Waals surface area contributed by atoms with Gasteiger partial charge in [0, 0.05) is 31.8 Å². The number of rotatable bonds is 3. The molecule has 0 amide bonds. The van der Waals surface area contributed by atoms with Crippen molar-refractivity contribution in [2.24, 2.45) is 0 Å². The Labute approximate surface area is 113 Å². The summed E-state index contributed by atoms with van der Waals surface area (Å²) < 4.78 is 10.6. The number of phenolic OH excluding ortho intramolecular Hbond substituents is 1. The second kappa shape index (κ2) is 6.68. The molecular formula is C12H19ClN2O3. The van der Waals surface area contributed by atoms with Gasteiger partial charge in [0.1, 0.15) is 17.2 Å². The largest absolute Gasteiger partial charge is 0.508 e. The minimum atomic E-state index is 0. The van der Waals surface area contributed by atoms with E-state index in [1.807, 2.05) is 0 Å². The minimum Gasteiger partial charge on any atom is -0.508 e. The van der Waals surface area contributed by atoms with Gasteiger partial charge in [-0.05, 0) is 0 Å². The zero-order chi connectivity index (χ0) is 12.3. The van der Waals surface area contributed by atoms with Crippen LogP contribution in [0.3, 0.4) is 0 Å². The van der Waals surface area contributed by atoms with E-state index in [2.05, 4.69) is 10.6 Å². The third-order valence-corrected chi connectivity index (χ3v) is 2.92. The van der Waals surface area contributed by atoms with Gasteiger partial charge >= 0.3 is 0 Å². The highest BCUT2D eigenvalue weighted by Crippen LogP contribution is 2.37. The highest BCUT2D eigenvalue weighted by Gasteiger charge is 2.23. The standard InChI is InChI=1S/C12H18N2O3.ClH/c1-16-10-5-8(15)6-11(17-2)12(10)9-7-13-3-4-14-9;/h5-6,9,13-15H,3-4,7H2,1-2H3;1H/t9-;/m0./s1. The number of benzene rings is 1. The van der Waals surface area contributed by atoms with Crippen LogP contribution in [0.1, 0.15) is 11.6 Å². The van der Waals surface area contributed by atoms with Crippen molar-refractivity contribution >= 4 is 12.4 Å². The molecule has 1 aliphatic rings. The topological polar surface area (TPSA) is 62.8 Å². The van der Waals surface area contributed by atoms with E-state index >= 15 is 0 Å². The van der Waals surface area contributed by atoms with Gasteiger partial charge in [0.15, 0.2) is 0 Å². The monoisotopic (exact) mass is 274 g/mol. The molecule has 0 aromatic heterocycles. The van der Waals surface area contributed by atoms with E-state index in [9.17, 15) is 5.11 Å². The number of aromatic hydroxyl groups is 1. The number of ether oxygens (including phenoxy) is 2. The molecule has 102 valence electrons. The predicted octanol–water partition coefficient (Wildman–Crippen LogP) is 1.07. The molecule has 0 spiro atoms. The van der Waals surface area contributed by atoms with Crippen LogP contribution in [0.15, 0.2) is 12.1 Å². The zero-order valence-electron chi connectivity index (χ0n) is 10.5. The van der Waals surface area contributed by atoms with E-state index in [-0.39, 0.29) is 24.2 Å². The van der Waals surface area contributed by atoms with Crippen molar-refractivity contribution in [3.8, 4) is 17.2 Å². The summed E-state index contributed by atoms with van der Waals surface area (Å²) in [7, 11) is 3.18. The van der Waals surface area contributed by atoms with Gasteiger partial charge in [-0.2, -0.15) is 0 Å². The van der Waals surface area contributed by atoms with Crippen LogP contribution in [0.2, 0.25) is 0 Å². The fraction of sp³-hybridized carbons (Fsp3) is 0.500. The van der Waals surface area contributed by atoms with Gasteiger partial charge in [-0.1, -0.05) is 0 Å². The smallest absolute Gasteiger partial charge is 0.131 e. The number of piperazine rings is 1. The lowest BCUT2D eigenvalue weighted by atomic mass is 10.0. The molecule has 1 aromatic rings. The van der Waals surface area contributed by atoms with Crippen LogP contribution in [0, 0.1) is 0 Å². The molecule has 0 aliphatic carbocycles. The van der Waals surface area contributed by atoms with Crippen LogP contribution >= 0.6 is 12.4 Å². The molecule has 0 unspecified atom stereocenters.